The number of aromatic amines is 2. The van der Waals surface area contributed by atoms with E-state index in [1.807, 2.05) is 0 Å². The second kappa shape index (κ2) is 13.0. The molecule has 8 heteroatoms. The summed E-state index contributed by atoms with van der Waals surface area (Å²) in [4.78, 5) is 41.7. The third kappa shape index (κ3) is 5.16. The maximum Gasteiger partial charge on any atom is 0.165 e. The summed E-state index contributed by atoms with van der Waals surface area (Å²) in [6.07, 6.45) is 0. The van der Waals surface area contributed by atoms with E-state index in [9.17, 15) is 0 Å². The Balaban J connectivity index is 1.46. The molecule has 0 spiro atoms. The fraction of sp³-hybridized carbons (Fsp3) is 0.321. The first kappa shape index (κ1) is 40.2. The smallest absolute Gasteiger partial charge is 0.165 e. The molecule has 2 aliphatic heterocycles. The van der Waals surface area contributed by atoms with Gasteiger partial charge in [-0.2, -0.15) is 0 Å². The van der Waals surface area contributed by atoms with Crippen LogP contribution in [0.3, 0.4) is 0 Å². The summed E-state index contributed by atoms with van der Waals surface area (Å²) < 4.78 is 0. The van der Waals surface area contributed by atoms with Crippen molar-refractivity contribution in [3.05, 3.63) is 121 Å². The van der Waals surface area contributed by atoms with E-state index in [0.717, 1.165) is 87.9 Å². The van der Waals surface area contributed by atoms with Crippen LogP contribution >= 0.6 is 0 Å². The molecule has 6 aromatic carbocycles. The molecule has 320 valence electrons. The molecule has 0 amide bonds. The molecule has 64 heavy (non-hydrogen) atoms. The second-order valence-corrected chi connectivity index (χ2v) is 22.2. The Hall–Kier alpha value is -6.54. The summed E-state index contributed by atoms with van der Waals surface area (Å²) in [5, 5.41) is 10.5. The highest BCUT2D eigenvalue weighted by Crippen LogP contribution is 2.74. The predicted molar refractivity (Wildman–Crippen MR) is 265 cm³/mol. The van der Waals surface area contributed by atoms with Crippen molar-refractivity contribution in [2.24, 2.45) is 21.7 Å². The lowest BCUT2D eigenvalue weighted by atomic mass is 9.33. The third-order valence-corrected chi connectivity index (χ3v) is 14.7. The molecule has 0 aliphatic carbocycles. The molecule has 9 aromatic rings. The van der Waals surface area contributed by atoms with Gasteiger partial charge in [0.2, 0.25) is 0 Å². The Morgan fingerprint density at radius 2 is 0.734 bits per heavy atom. The zero-order chi connectivity index (χ0) is 44.9. The molecule has 0 fully saturated rings. The molecule has 8 bridgehead atoms. The molecule has 11 rings (SSSR count). The number of hydrogen-bond donors (Lipinski definition) is 2. The molecular weight excluding hydrogens is 785 g/mol. The number of fused-ring (bicyclic) bond motifs is 23. The van der Waals surface area contributed by atoms with Crippen LogP contribution in [-0.4, -0.2) is 39.9 Å². The summed E-state index contributed by atoms with van der Waals surface area (Å²) in [5.74, 6) is 2.72. The lowest BCUT2D eigenvalue weighted by Crippen LogP contribution is -2.70. The maximum absolute atomic E-state index is 5.93. The molecule has 5 heterocycles. The number of rotatable bonds is 0. The Morgan fingerprint density at radius 1 is 0.344 bits per heavy atom. The average molecular weight is 841 g/mol. The van der Waals surface area contributed by atoms with Gasteiger partial charge in [0.15, 0.2) is 11.6 Å². The fourth-order valence-corrected chi connectivity index (χ4v) is 13.4. The van der Waals surface area contributed by atoms with Crippen LogP contribution < -0.4 is 0 Å². The van der Waals surface area contributed by atoms with Gasteiger partial charge < -0.3 is 9.97 Å². The molecule has 2 N–H and O–H groups in total. The first-order valence-electron chi connectivity index (χ1n) is 22.6. The van der Waals surface area contributed by atoms with Crippen molar-refractivity contribution in [1.29, 1.82) is 0 Å². The van der Waals surface area contributed by atoms with E-state index in [0.29, 0.717) is 22.9 Å². The standard InChI is InChI=1S/C56H56N8/c1-51(2,3)55(52(4,5)6)49-62-47-41-35-23-17-14-20-32(35)26-29-38(41)44(60-47)57-43-37-28-25-31-19-13-16-22-34(31)40(37)46(58-43)59-45-39-30-27-33-21-15-18-24-36(33)42(39)48(61-45)63-50(64-49)56(55,53(7,8)9)54(10,11)12/h13-30H,1-12H3,(H2,57,58,59,60,61,62,63,64). The Morgan fingerprint density at radius 3 is 1.19 bits per heavy atom. The van der Waals surface area contributed by atoms with E-state index in [-0.39, 0.29) is 21.7 Å². The monoisotopic (exact) mass is 840 g/mol. The molecule has 0 unspecified atom stereocenters. The number of aromatic nitrogens is 8. The highest BCUT2D eigenvalue weighted by atomic mass is 15.1. The van der Waals surface area contributed by atoms with Crippen LogP contribution in [0.2, 0.25) is 0 Å². The molecule has 0 atom stereocenters. The largest absolute Gasteiger partial charge is 0.324 e. The van der Waals surface area contributed by atoms with Crippen molar-refractivity contribution >= 4 is 76.5 Å². The minimum absolute atomic E-state index is 0.381. The van der Waals surface area contributed by atoms with Gasteiger partial charge in [-0.25, -0.2) is 29.9 Å². The van der Waals surface area contributed by atoms with Gasteiger partial charge in [0.1, 0.15) is 34.2 Å². The predicted octanol–water partition coefficient (Wildman–Crippen LogP) is 14.4. The van der Waals surface area contributed by atoms with Crippen LogP contribution in [0.4, 0.5) is 0 Å². The van der Waals surface area contributed by atoms with Crippen molar-refractivity contribution in [2.45, 2.75) is 93.9 Å². The molecule has 0 saturated carbocycles. The van der Waals surface area contributed by atoms with E-state index in [1.165, 1.54) is 0 Å². The van der Waals surface area contributed by atoms with Crippen molar-refractivity contribution in [3.8, 4) is 22.8 Å². The van der Waals surface area contributed by atoms with Crippen LogP contribution in [0.5, 0.6) is 0 Å². The Labute approximate surface area is 374 Å². The first-order valence-corrected chi connectivity index (χ1v) is 22.6. The van der Waals surface area contributed by atoms with Crippen LogP contribution in [0.25, 0.3) is 99.2 Å². The number of nitrogens with zero attached hydrogens (tertiary/aromatic N) is 6. The van der Waals surface area contributed by atoms with Crippen molar-refractivity contribution in [1.82, 2.24) is 39.9 Å². The van der Waals surface area contributed by atoms with Gasteiger partial charge in [0.25, 0.3) is 0 Å². The van der Waals surface area contributed by atoms with Crippen LogP contribution in [-0.2, 0) is 10.8 Å². The van der Waals surface area contributed by atoms with Gasteiger partial charge in [-0.3, -0.25) is 0 Å². The maximum atomic E-state index is 5.93. The molecule has 8 nitrogen and oxygen atoms in total. The highest BCUT2D eigenvalue weighted by Gasteiger charge is 2.76. The summed E-state index contributed by atoms with van der Waals surface area (Å²) >= 11 is 0. The van der Waals surface area contributed by atoms with E-state index < -0.39 is 10.8 Å². The quantitative estimate of drug-likeness (QED) is 0.157. The first-order chi connectivity index (χ1) is 30.3. The van der Waals surface area contributed by atoms with E-state index in [1.54, 1.807) is 0 Å². The number of nitrogens with one attached hydrogen (secondary N) is 2. The van der Waals surface area contributed by atoms with Crippen molar-refractivity contribution in [2.75, 3.05) is 0 Å². The van der Waals surface area contributed by atoms with E-state index in [2.05, 4.69) is 202 Å². The van der Waals surface area contributed by atoms with Gasteiger partial charge in [0, 0.05) is 32.7 Å². The lowest BCUT2D eigenvalue weighted by molar-refractivity contribution is -0.128. The van der Waals surface area contributed by atoms with Crippen LogP contribution in [0.15, 0.2) is 109 Å². The SMILES string of the molecule is CC(C)(C)C1(C(C)(C)C)c2nc(nc3[nH]c(nc4nc(nc5[nH]c(n2)c2c6ccccc6ccc52)-c2ccc5ccccc5c2-4)c2ccc4ccccc4c32)C1(C(C)(C)C)C(C)(C)C. The second-order valence-electron chi connectivity index (χ2n) is 22.2. The number of H-pyrrole nitrogens is 2. The van der Waals surface area contributed by atoms with Gasteiger partial charge >= 0.3 is 0 Å². The molecule has 2 aliphatic rings. The van der Waals surface area contributed by atoms with Crippen LogP contribution in [0.1, 0.15) is 94.7 Å². The van der Waals surface area contributed by atoms with Gasteiger partial charge in [-0.15, -0.1) is 0 Å². The van der Waals surface area contributed by atoms with Gasteiger partial charge in [-0.05, 0) is 72.2 Å². The van der Waals surface area contributed by atoms with Crippen molar-refractivity contribution < 1.29 is 0 Å². The fourth-order valence-electron chi connectivity index (χ4n) is 13.4. The van der Waals surface area contributed by atoms with Crippen LogP contribution in [0, 0.1) is 21.7 Å². The third-order valence-electron chi connectivity index (χ3n) is 14.7. The summed E-state index contributed by atoms with van der Waals surface area (Å²) in [7, 11) is 0. The molecule has 3 aromatic heterocycles. The summed E-state index contributed by atoms with van der Waals surface area (Å²) in [6.45, 7) is 28.6. The normalized spacial score (nSPS) is 15.4. The topological polar surface area (TPSA) is 109 Å². The van der Waals surface area contributed by atoms with Crippen molar-refractivity contribution in [3.63, 3.8) is 0 Å². The highest BCUT2D eigenvalue weighted by molar-refractivity contribution is 6.20. The van der Waals surface area contributed by atoms with Gasteiger partial charge in [0.05, 0.1) is 10.8 Å². The molecule has 0 radical (unpaired) electrons. The minimum atomic E-state index is -0.690. The average Bonchev–Trinajstić information content (AvgIpc) is 3.96. The van der Waals surface area contributed by atoms with E-state index in [4.69, 9.17) is 29.9 Å². The van der Waals surface area contributed by atoms with E-state index >= 15 is 0 Å². The molecular formula is C56H56N8. The van der Waals surface area contributed by atoms with Gasteiger partial charge in [-0.1, -0.05) is 174 Å². The lowest BCUT2D eigenvalue weighted by Gasteiger charge is -2.67. The minimum Gasteiger partial charge on any atom is -0.324 e. The number of hydrogen-bond acceptors (Lipinski definition) is 6. The summed E-state index contributed by atoms with van der Waals surface area (Å²) in [5.41, 5.74) is 1.78. The number of benzene rings is 6. The zero-order valence-corrected chi connectivity index (χ0v) is 39.1. The Kier molecular flexibility index (Phi) is 8.19. The zero-order valence-electron chi connectivity index (χ0n) is 39.1. The Bertz CT molecular complexity index is 3590. The summed E-state index contributed by atoms with van der Waals surface area (Å²) in [6, 6.07) is 38.5. The molecule has 0 saturated heterocycles.